The Hall–Kier alpha value is -2.01. The summed E-state index contributed by atoms with van der Waals surface area (Å²) in [4.78, 5) is 12.0. The van der Waals surface area contributed by atoms with Gasteiger partial charge in [0, 0.05) is 18.0 Å². The van der Waals surface area contributed by atoms with Crippen molar-refractivity contribution < 1.29 is 5.11 Å². The van der Waals surface area contributed by atoms with Gasteiger partial charge in [0.15, 0.2) is 5.17 Å². The monoisotopic (exact) mass is 325 g/mol. The van der Waals surface area contributed by atoms with Crippen molar-refractivity contribution >= 4 is 16.9 Å². The van der Waals surface area contributed by atoms with Gasteiger partial charge in [-0.3, -0.25) is 9.98 Å². The molecule has 0 amide bonds. The van der Waals surface area contributed by atoms with Crippen molar-refractivity contribution in [3.63, 3.8) is 0 Å². The number of aromatic nitrogens is 1. The van der Waals surface area contributed by atoms with E-state index in [0.717, 1.165) is 23.0 Å². The van der Waals surface area contributed by atoms with Gasteiger partial charge < -0.3 is 10.0 Å². The van der Waals surface area contributed by atoms with Gasteiger partial charge in [-0.25, -0.2) is 0 Å². The molecule has 0 saturated carbocycles. The summed E-state index contributed by atoms with van der Waals surface area (Å²) in [6.45, 7) is 2.23. The summed E-state index contributed by atoms with van der Waals surface area (Å²) in [6, 6.07) is 14.2. The second-order valence-corrected chi connectivity index (χ2v) is 6.91. The van der Waals surface area contributed by atoms with Crippen LogP contribution >= 0.6 is 11.8 Å². The van der Waals surface area contributed by atoms with E-state index >= 15 is 0 Å². The zero-order chi connectivity index (χ0) is 15.8. The maximum absolute atomic E-state index is 9.61. The van der Waals surface area contributed by atoms with Crippen LogP contribution in [0.1, 0.15) is 36.7 Å². The Balaban J connectivity index is 1.78. The van der Waals surface area contributed by atoms with E-state index in [1.54, 1.807) is 12.1 Å². The van der Waals surface area contributed by atoms with E-state index in [-0.39, 0.29) is 12.1 Å². The van der Waals surface area contributed by atoms with Gasteiger partial charge in [-0.05, 0) is 36.2 Å². The molecule has 1 aromatic heterocycles. The number of pyridine rings is 1. The molecular formula is C18H19N3OS. The number of fused-ring (bicyclic) bond motifs is 1. The number of amidine groups is 1. The molecule has 23 heavy (non-hydrogen) atoms. The van der Waals surface area contributed by atoms with Crippen LogP contribution in [-0.2, 0) is 0 Å². The number of phenolic OH excluding ortho intramolecular Hbond substituents is 1. The van der Waals surface area contributed by atoms with Crippen LogP contribution in [0.15, 0.2) is 53.7 Å². The van der Waals surface area contributed by atoms with Gasteiger partial charge in [-0.15, -0.1) is 0 Å². The highest BCUT2D eigenvalue weighted by Gasteiger charge is 2.45. The molecule has 4 nitrogen and oxygen atoms in total. The minimum absolute atomic E-state index is 0.0117. The average molecular weight is 325 g/mol. The molecule has 1 saturated heterocycles. The van der Waals surface area contributed by atoms with Crippen molar-refractivity contribution in [1.82, 2.24) is 9.88 Å². The lowest BCUT2D eigenvalue weighted by Gasteiger charge is -2.31. The summed E-state index contributed by atoms with van der Waals surface area (Å²) >= 11 is 1.84. The molecule has 2 aliphatic heterocycles. The van der Waals surface area contributed by atoms with Gasteiger partial charge in [-0.2, -0.15) is 0 Å². The molecule has 1 N–H and O–H groups in total. The summed E-state index contributed by atoms with van der Waals surface area (Å²) in [5.74, 6) is 1.39. The fourth-order valence-corrected chi connectivity index (χ4v) is 4.72. The first-order valence-corrected chi connectivity index (χ1v) is 8.95. The quantitative estimate of drug-likeness (QED) is 0.933. The number of aliphatic imine (C=N–C) groups is 1. The van der Waals surface area contributed by atoms with Crippen LogP contribution in [0.25, 0.3) is 0 Å². The molecule has 0 bridgehead atoms. The van der Waals surface area contributed by atoms with Crippen molar-refractivity contribution in [2.45, 2.75) is 31.5 Å². The van der Waals surface area contributed by atoms with E-state index in [2.05, 4.69) is 22.9 Å². The Kier molecular flexibility index (Phi) is 3.73. The molecular weight excluding hydrogens is 306 g/mol. The summed E-state index contributed by atoms with van der Waals surface area (Å²) < 4.78 is 0. The van der Waals surface area contributed by atoms with Crippen LogP contribution < -0.4 is 0 Å². The third-order valence-corrected chi connectivity index (χ3v) is 5.69. The minimum Gasteiger partial charge on any atom is -0.508 e. The van der Waals surface area contributed by atoms with E-state index in [1.807, 2.05) is 42.2 Å². The zero-order valence-corrected chi connectivity index (χ0v) is 13.8. The van der Waals surface area contributed by atoms with Crippen molar-refractivity contribution in [1.29, 1.82) is 0 Å². The summed E-state index contributed by atoms with van der Waals surface area (Å²) in [6.07, 6.45) is 2.94. The predicted molar refractivity (Wildman–Crippen MR) is 93.6 cm³/mol. The molecule has 3 heterocycles. The Bertz CT molecular complexity index is 717. The summed E-state index contributed by atoms with van der Waals surface area (Å²) in [7, 11) is 0. The van der Waals surface area contributed by atoms with Gasteiger partial charge in [0.25, 0.3) is 0 Å². The number of thioether (sulfide) groups is 1. The van der Waals surface area contributed by atoms with E-state index in [4.69, 9.17) is 4.99 Å². The Labute approximate surface area is 140 Å². The van der Waals surface area contributed by atoms with E-state index in [9.17, 15) is 5.11 Å². The number of hydrogen-bond donors (Lipinski definition) is 1. The summed E-state index contributed by atoms with van der Waals surface area (Å²) in [5.41, 5.74) is 2.18. The highest BCUT2D eigenvalue weighted by atomic mass is 32.2. The van der Waals surface area contributed by atoms with E-state index < -0.39 is 0 Å². The van der Waals surface area contributed by atoms with Crippen LogP contribution in [0.5, 0.6) is 5.75 Å². The van der Waals surface area contributed by atoms with Crippen LogP contribution in [0.4, 0.5) is 0 Å². The van der Waals surface area contributed by atoms with Crippen molar-refractivity contribution in [3.05, 3.63) is 59.9 Å². The maximum atomic E-state index is 9.61. The van der Waals surface area contributed by atoms with E-state index in [0.29, 0.717) is 11.8 Å². The Morgan fingerprint density at radius 2 is 2.04 bits per heavy atom. The van der Waals surface area contributed by atoms with Crippen LogP contribution in [0, 0.1) is 0 Å². The first kappa shape index (κ1) is 14.6. The first-order chi connectivity index (χ1) is 11.3. The predicted octanol–water partition coefficient (Wildman–Crippen LogP) is 3.77. The van der Waals surface area contributed by atoms with Gasteiger partial charge in [0.2, 0.25) is 0 Å². The molecule has 4 rings (SSSR count). The van der Waals surface area contributed by atoms with Crippen molar-refractivity contribution in [3.8, 4) is 5.75 Å². The van der Waals surface area contributed by atoms with E-state index in [1.165, 1.54) is 5.56 Å². The maximum Gasteiger partial charge on any atom is 0.160 e. The number of rotatable bonds is 3. The van der Waals surface area contributed by atoms with Gasteiger partial charge in [-0.1, -0.05) is 36.9 Å². The molecule has 1 aromatic carbocycles. The fourth-order valence-electron chi connectivity index (χ4n) is 3.38. The number of phenols is 1. The molecule has 3 atom stereocenters. The SMILES string of the molecule is CC[C@H]1CSC2=N[C@@H](c3ccccn3)[C@@H](c3ccc(O)cc3)N21. The lowest BCUT2D eigenvalue weighted by Crippen LogP contribution is -2.35. The molecule has 1 fully saturated rings. The minimum atomic E-state index is 0.0117. The summed E-state index contributed by atoms with van der Waals surface area (Å²) in [5, 5.41) is 10.7. The lowest BCUT2D eigenvalue weighted by atomic mass is 9.95. The second-order valence-electron chi connectivity index (χ2n) is 5.93. The number of hydrogen-bond acceptors (Lipinski definition) is 5. The van der Waals surface area contributed by atoms with Crippen LogP contribution in [0.3, 0.4) is 0 Å². The number of nitrogens with zero attached hydrogens (tertiary/aromatic N) is 3. The highest BCUT2D eigenvalue weighted by Crippen LogP contribution is 2.48. The topological polar surface area (TPSA) is 48.7 Å². The standard InChI is InChI=1S/C18H19N3OS/c1-2-13-11-23-18-20-16(15-5-3-4-10-19-15)17(21(13)18)12-6-8-14(22)9-7-12/h3-10,13,16-17,22H,2,11H2,1H3/t13-,16-,17+/m0/s1. The van der Waals surface area contributed by atoms with Crippen molar-refractivity contribution in [2.75, 3.05) is 5.75 Å². The Morgan fingerprint density at radius 3 is 2.74 bits per heavy atom. The number of aromatic hydroxyl groups is 1. The molecule has 0 radical (unpaired) electrons. The van der Waals surface area contributed by atoms with Gasteiger partial charge in [0.05, 0.1) is 11.7 Å². The molecule has 2 aromatic rings. The average Bonchev–Trinajstić information content (AvgIpc) is 3.15. The largest absolute Gasteiger partial charge is 0.508 e. The van der Waals surface area contributed by atoms with Gasteiger partial charge >= 0.3 is 0 Å². The fraction of sp³-hybridized carbons (Fsp3) is 0.333. The third kappa shape index (κ3) is 2.49. The molecule has 118 valence electrons. The van der Waals surface area contributed by atoms with Crippen molar-refractivity contribution in [2.24, 2.45) is 4.99 Å². The molecule has 0 aliphatic carbocycles. The molecule has 0 unspecified atom stereocenters. The van der Waals surface area contributed by atoms with Gasteiger partial charge in [0.1, 0.15) is 11.8 Å². The number of benzene rings is 1. The zero-order valence-electron chi connectivity index (χ0n) is 13.0. The third-order valence-electron chi connectivity index (χ3n) is 4.56. The second kappa shape index (κ2) is 5.89. The Morgan fingerprint density at radius 1 is 1.22 bits per heavy atom. The lowest BCUT2D eigenvalue weighted by molar-refractivity contribution is 0.255. The molecule has 0 spiro atoms. The van der Waals surface area contributed by atoms with Crippen LogP contribution in [0.2, 0.25) is 0 Å². The molecule has 5 heteroatoms. The normalized spacial score (nSPS) is 26.2. The molecule has 2 aliphatic rings. The van der Waals surface area contributed by atoms with Crippen LogP contribution in [-0.4, -0.2) is 32.0 Å². The first-order valence-electron chi connectivity index (χ1n) is 7.96. The smallest absolute Gasteiger partial charge is 0.160 e. The highest BCUT2D eigenvalue weighted by molar-refractivity contribution is 8.14.